The van der Waals surface area contributed by atoms with Crippen LogP contribution in [0.4, 0.5) is 0 Å². The summed E-state index contributed by atoms with van der Waals surface area (Å²) >= 11 is 3.22. The molecule has 0 spiro atoms. The van der Waals surface area contributed by atoms with E-state index in [1.807, 2.05) is 36.0 Å². The smallest absolute Gasteiger partial charge is 0.174 e. The van der Waals surface area contributed by atoms with E-state index in [0.29, 0.717) is 0 Å². The summed E-state index contributed by atoms with van der Waals surface area (Å²) in [5.74, 6) is 0. The van der Waals surface area contributed by atoms with Crippen molar-refractivity contribution in [3.05, 3.63) is 54.4 Å². The Morgan fingerprint density at radius 1 is 1.09 bits per heavy atom. The van der Waals surface area contributed by atoms with Crippen molar-refractivity contribution in [2.24, 2.45) is 7.05 Å². The lowest BCUT2D eigenvalue weighted by Crippen LogP contribution is -1.91. The highest BCUT2D eigenvalue weighted by molar-refractivity contribution is 7.99. The van der Waals surface area contributed by atoms with Gasteiger partial charge in [-0.3, -0.25) is 0 Å². The minimum atomic E-state index is 0.921. The van der Waals surface area contributed by atoms with Crippen molar-refractivity contribution in [3.8, 4) is 11.1 Å². The van der Waals surface area contributed by atoms with Crippen LogP contribution in [0.15, 0.2) is 64.6 Å². The van der Waals surface area contributed by atoms with E-state index in [4.69, 9.17) is 0 Å². The summed E-state index contributed by atoms with van der Waals surface area (Å²) in [6.07, 6.45) is 5.36. The van der Waals surface area contributed by atoms with Crippen LogP contribution in [0.2, 0.25) is 0 Å². The molecule has 22 heavy (non-hydrogen) atoms. The number of benzene rings is 1. The summed E-state index contributed by atoms with van der Waals surface area (Å²) in [4.78, 5) is 14.3. The quantitative estimate of drug-likeness (QED) is 0.529. The second-order valence-electron chi connectivity index (χ2n) is 4.80. The number of rotatable bonds is 3. The molecule has 0 saturated carbocycles. The fourth-order valence-corrected chi connectivity index (χ4v) is 4.17. The molecule has 0 saturated heterocycles. The van der Waals surface area contributed by atoms with E-state index in [1.54, 1.807) is 35.6 Å². The number of aryl methyl sites for hydroxylation is 1. The molecule has 0 bridgehead atoms. The van der Waals surface area contributed by atoms with E-state index in [1.165, 1.54) is 11.1 Å². The van der Waals surface area contributed by atoms with Gasteiger partial charge in [0.2, 0.25) is 0 Å². The summed E-state index contributed by atoms with van der Waals surface area (Å²) in [5.41, 5.74) is 2.36. The minimum Gasteiger partial charge on any atom is -0.329 e. The zero-order valence-electron chi connectivity index (χ0n) is 11.8. The third kappa shape index (κ3) is 2.30. The van der Waals surface area contributed by atoms with Crippen LogP contribution in [0.5, 0.6) is 0 Å². The van der Waals surface area contributed by atoms with Crippen molar-refractivity contribution in [3.63, 3.8) is 0 Å². The van der Waals surface area contributed by atoms with E-state index in [0.717, 1.165) is 20.4 Å². The first-order valence-corrected chi connectivity index (χ1v) is 8.45. The van der Waals surface area contributed by atoms with Gasteiger partial charge in [-0.15, -0.1) is 11.3 Å². The summed E-state index contributed by atoms with van der Waals surface area (Å²) < 4.78 is 1.99. The Balaban J connectivity index is 1.89. The number of thiophene rings is 1. The number of hydrogen-bond donors (Lipinski definition) is 0. The minimum absolute atomic E-state index is 0.921. The fraction of sp³-hybridized carbons (Fsp3) is 0.0625. The second-order valence-corrected chi connectivity index (χ2v) is 6.61. The molecule has 0 fully saturated rings. The lowest BCUT2D eigenvalue weighted by atomic mass is 10.1. The fourth-order valence-electron chi connectivity index (χ4n) is 2.29. The summed E-state index contributed by atoms with van der Waals surface area (Å²) in [5, 5.41) is 5.12. The summed E-state index contributed by atoms with van der Waals surface area (Å²) in [6, 6.07) is 10.4. The molecule has 6 heteroatoms. The summed E-state index contributed by atoms with van der Waals surface area (Å²) in [6.45, 7) is 0. The number of hydrogen-bond acceptors (Lipinski definition) is 5. The molecule has 0 unspecified atom stereocenters. The number of aromatic nitrogens is 4. The van der Waals surface area contributed by atoms with Crippen LogP contribution in [0, 0.1) is 0 Å². The predicted octanol–water partition coefficient (Wildman–Crippen LogP) is 4.24. The molecular formula is C16H12N4S2. The van der Waals surface area contributed by atoms with Crippen LogP contribution in [-0.4, -0.2) is 19.5 Å². The molecule has 3 aromatic heterocycles. The average molecular weight is 324 g/mol. The summed E-state index contributed by atoms with van der Waals surface area (Å²) in [7, 11) is 1.99. The maximum absolute atomic E-state index is 4.49. The van der Waals surface area contributed by atoms with Gasteiger partial charge in [0.25, 0.3) is 0 Å². The first-order chi connectivity index (χ1) is 10.8. The molecule has 1 aromatic carbocycles. The van der Waals surface area contributed by atoms with E-state index < -0.39 is 0 Å². The highest BCUT2D eigenvalue weighted by Gasteiger charge is 2.15. The topological polar surface area (TPSA) is 43.6 Å². The van der Waals surface area contributed by atoms with Crippen LogP contribution < -0.4 is 0 Å². The standard InChI is InChI=1S/C16H12N4S2/c1-20-8-7-17-16(20)22-15-13-12(11-5-3-2-4-6-11)9-21-14(13)18-10-19-15/h2-10H,1H3. The van der Waals surface area contributed by atoms with Crippen molar-refractivity contribution >= 4 is 33.3 Å². The predicted molar refractivity (Wildman–Crippen MR) is 90.2 cm³/mol. The highest BCUT2D eigenvalue weighted by atomic mass is 32.2. The van der Waals surface area contributed by atoms with Gasteiger partial charge >= 0.3 is 0 Å². The van der Waals surface area contributed by atoms with Crippen LogP contribution in [-0.2, 0) is 7.05 Å². The Morgan fingerprint density at radius 2 is 1.95 bits per heavy atom. The van der Waals surface area contributed by atoms with Crippen LogP contribution >= 0.6 is 23.1 Å². The molecule has 3 heterocycles. The van der Waals surface area contributed by atoms with Crippen LogP contribution in [0.1, 0.15) is 0 Å². The van der Waals surface area contributed by atoms with Gasteiger partial charge in [-0.05, 0) is 17.3 Å². The molecule has 0 atom stereocenters. The third-order valence-corrected chi connectivity index (χ3v) is 5.35. The zero-order valence-corrected chi connectivity index (χ0v) is 13.4. The van der Waals surface area contributed by atoms with Gasteiger partial charge in [0.05, 0.1) is 5.39 Å². The number of nitrogens with zero attached hydrogens (tertiary/aromatic N) is 4. The lowest BCUT2D eigenvalue weighted by molar-refractivity contribution is 0.789. The normalized spacial score (nSPS) is 11.1. The zero-order chi connectivity index (χ0) is 14.9. The molecule has 0 aliphatic rings. The van der Waals surface area contributed by atoms with Gasteiger partial charge in [0.15, 0.2) is 5.16 Å². The Bertz CT molecular complexity index is 928. The number of imidazole rings is 1. The van der Waals surface area contributed by atoms with Crippen LogP contribution in [0.25, 0.3) is 21.3 Å². The van der Waals surface area contributed by atoms with E-state index in [9.17, 15) is 0 Å². The Kier molecular flexibility index (Phi) is 3.40. The molecular weight excluding hydrogens is 312 g/mol. The van der Waals surface area contributed by atoms with Gasteiger partial charge in [0, 0.05) is 30.4 Å². The van der Waals surface area contributed by atoms with Crippen molar-refractivity contribution in [2.45, 2.75) is 10.2 Å². The largest absolute Gasteiger partial charge is 0.329 e. The van der Waals surface area contributed by atoms with Crippen molar-refractivity contribution in [1.82, 2.24) is 19.5 Å². The molecule has 0 N–H and O–H groups in total. The molecule has 0 radical (unpaired) electrons. The van der Waals surface area contributed by atoms with E-state index >= 15 is 0 Å². The first kappa shape index (κ1) is 13.5. The average Bonchev–Trinajstić information content (AvgIpc) is 3.16. The molecule has 0 aliphatic carbocycles. The molecule has 108 valence electrons. The molecule has 4 rings (SSSR count). The maximum Gasteiger partial charge on any atom is 0.174 e. The second kappa shape index (κ2) is 5.55. The van der Waals surface area contributed by atoms with Crippen molar-refractivity contribution in [1.29, 1.82) is 0 Å². The van der Waals surface area contributed by atoms with Crippen molar-refractivity contribution < 1.29 is 0 Å². The van der Waals surface area contributed by atoms with Gasteiger partial charge < -0.3 is 4.57 Å². The maximum atomic E-state index is 4.49. The monoisotopic (exact) mass is 324 g/mol. The van der Waals surface area contributed by atoms with Crippen LogP contribution in [0.3, 0.4) is 0 Å². The lowest BCUT2D eigenvalue weighted by Gasteiger charge is -2.05. The molecule has 0 aliphatic heterocycles. The Hall–Kier alpha value is -2.18. The molecule has 0 amide bonds. The van der Waals surface area contributed by atoms with Gasteiger partial charge in [-0.1, -0.05) is 30.3 Å². The molecule has 4 nitrogen and oxygen atoms in total. The number of fused-ring (bicyclic) bond motifs is 1. The third-order valence-electron chi connectivity index (χ3n) is 3.39. The first-order valence-electron chi connectivity index (χ1n) is 6.76. The SMILES string of the molecule is Cn1ccnc1Sc1ncnc2scc(-c3ccccc3)c12. The van der Waals surface area contributed by atoms with E-state index in [2.05, 4.69) is 32.5 Å². The highest BCUT2D eigenvalue weighted by Crippen LogP contribution is 2.39. The van der Waals surface area contributed by atoms with Crippen molar-refractivity contribution in [2.75, 3.05) is 0 Å². The Morgan fingerprint density at radius 3 is 2.73 bits per heavy atom. The molecule has 4 aromatic rings. The van der Waals surface area contributed by atoms with Gasteiger partial charge in [0.1, 0.15) is 16.2 Å². The van der Waals surface area contributed by atoms with E-state index in [-0.39, 0.29) is 0 Å². The Labute approximate surface area is 135 Å². The van der Waals surface area contributed by atoms with Gasteiger partial charge in [-0.25, -0.2) is 15.0 Å². The van der Waals surface area contributed by atoms with Gasteiger partial charge in [-0.2, -0.15) is 0 Å².